The van der Waals surface area contributed by atoms with Gasteiger partial charge in [-0.2, -0.15) is 0 Å². The van der Waals surface area contributed by atoms with Gasteiger partial charge in [-0.1, -0.05) is 13.0 Å². The molecule has 38 heavy (non-hydrogen) atoms. The van der Waals surface area contributed by atoms with Crippen LogP contribution in [0.4, 0.5) is 5.82 Å². The molecule has 1 atom stereocenters. The average molecular weight is 510 g/mol. The molecule has 1 N–H and O–H groups in total. The van der Waals surface area contributed by atoms with Gasteiger partial charge in [0.2, 0.25) is 11.8 Å². The first-order chi connectivity index (χ1) is 18.5. The van der Waals surface area contributed by atoms with Crippen LogP contribution in [0.5, 0.6) is 0 Å². The lowest BCUT2D eigenvalue weighted by atomic mass is 9.74. The van der Waals surface area contributed by atoms with E-state index in [0.717, 1.165) is 37.3 Å². The van der Waals surface area contributed by atoms with Crippen molar-refractivity contribution in [3.8, 4) is 0 Å². The van der Waals surface area contributed by atoms with E-state index in [-0.39, 0.29) is 17.7 Å². The zero-order valence-electron chi connectivity index (χ0n) is 21.8. The average Bonchev–Trinajstić information content (AvgIpc) is 3.61. The lowest BCUT2D eigenvalue weighted by Gasteiger charge is -2.38. The second-order valence-corrected chi connectivity index (χ2v) is 11.0. The molecule has 9 heteroatoms. The Labute approximate surface area is 221 Å². The standard InChI is InChI=1S/C29H31N7O2/c1-3-20-11-32-27-19(9-18-8-17(2)21-12-30-13-22(21)23(18)15-36(20)27)10-25(37)35-6-4-29(5-7-35)24-14-31-16-33-26(24)34-28(29)38/h8,11,13-14,16,19H,3-7,9-10,12,15H2,1-2H3,(H,31,33,34,38)/t19-/m0/s1. The van der Waals surface area contributed by atoms with Crippen LogP contribution in [0.1, 0.15) is 77.0 Å². The number of benzene rings is 1. The van der Waals surface area contributed by atoms with E-state index in [1.54, 1.807) is 6.20 Å². The van der Waals surface area contributed by atoms with Gasteiger partial charge in [0.1, 0.15) is 18.0 Å². The number of carbonyl (C=O) groups is 2. The summed E-state index contributed by atoms with van der Waals surface area (Å²) in [6.45, 7) is 6.93. The van der Waals surface area contributed by atoms with Crippen LogP contribution in [0.15, 0.2) is 29.8 Å². The summed E-state index contributed by atoms with van der Waals surface area (Å²) in [4.78, 5) is 46.4. The topological polar surface area (TPSA) is 105 Å². The van der Waals surface area contributed by atoms with E-state index >= 15 is 0 Å². The molecule has 2 amide bonds. The van der Waals surface area contributed by atoms with Crippen LogP contribution in [-0.4, -0.2) is 55.5 Å². The van der Waals surface area contributed by atoms with Gasteiger partial charge in [-0.05, 0) is 54.9 Å². The maximum absolute atomic E-state index is 13.7. The first-order valence-electron chi connectivity index (χ1n) is 13.6. The number of imidazole rings is 1. The number of likely N-dealkylation sites (tertiary alicyclic amines) is 1. The molecule has 0 aliphatic carbocycles. The normalized spacial score (nSPS) is 20.5. The molecular weight excluding hydrogens is 478 g/mol. The number of aryl methyl sites for hydroxylation is 2. The van der Waals surface area contributed by atoms with Gasteiger partial charge in [0.15, 0.2) is 0 Å². The van der Waals surface area contributed by atoms with Gasteiger partial charge in [0, 0.05) is 67.4 Å². The summed E-state index contributed by atoms with van der Waals surface area (Å²) in [7, 11) is 0. The Hall–Kier alpha value is -3.88. The van der Waals surface area contributed by atoms with Crippen molar-refractivity contribution in [2.24, 2.45) is 4.99 Å². The molecule has 1 aromatic carbocycles. The minimum absolute atomic E-state index is 0.000339. The van der Waals surface area contributed by atoms with Crippen molar-refractivity contribution in [2.75, 3.05) is 18.4 Å². The Morgan fingerprint density at radius 2 is 2.03 bits per heavy atom. The van der Waals surface area contributed by atoms with E-state index in [4.69, 9.17) is 4.98 Å². The van der Waals surface area contributed by atoms with Crippen molar-refractivity contribution >= 4 is 23.8 Å². The van der Waals surface area contributed by atoms with Gasteiger partial charge in [-0.25, -0.2) is 15.0 Å². The number of fused-ring (bicyclic) bond motifs is 6. The lowest BCUT2D eigenvalue weighted by molar-refractivity contribution is -0.135. The molecule has 194 valence electrons. The van der Waals surface area contributed by atoms with Crippen LogP contribution in [0.25, 0.3) is 0 Å². The number of aliphatic imine (C=N–C) groups is 1. The molecule has 6 heterocycles. The number of carbonyl (C=O) groups excluding carboxylic acids is 2. The van der Waals surface area contributed by atoms with Gasteiger partial charge in [-0.15, -0.1) is 0 Å². The first kappa shape index (κ1) is 23.3. The first-order valence-corrected chi connectivity index (χ1v) is 13.6. The van der Waals surface area contributed by atoms with E-state index < -0.39 is 5.41 Å². The monoisotopic (exact) mass is 509 g/mol. The molecule has 4 aliphatic heterocycles. The molecule has 7 rings (SSSR count). The number of nitrogens with zero attached hydrogens (tertiary/aromatic N) is 6. The quantitative estimate of drug-likeness (QED) is 0.584. The maximum atomic E-state index is 13.7. The van der Waals surface area contributed by atoms with Gasteiger partial charge in [0.25, 0.3) is 0 Å². The Morgan fingerprint density at radius 3 is 2.84 bits per heavy atom. The fourth-order valence-electron chi connectivity index (χ4n) is 6.96. The SMILES string of the molecule is CCc1cnc2n1Cc1c(cc(C)c3c1C=NC3)C[C@H]2CC(=O)N1CCC2(CC1)C(=O)Nc1ncncc12. The number of rotatable bonds is 3. The largest absolute Gasteiger partial charge is 0.343 e. The molecule has 4 aliphatic rings. The van der Waals surface area contributed by atoms with E-state index in [0.29, 0.717) is 38.2 Å². The second kappa shape index (κ2) is 8.58. The lowest BCUT2D eigenvalue weighted by Crippen LogP contribution is -2.48. The summed E-state index contributed by atoms with van der Waals surface area (Å²) in [6, 6.07) is 2.31. The van der Waals surface area contributed by atoms with Crippen molar-refractivity contribution < 1.29 is 9.59 Å². The maximum Gasteiger partial charge on any atom is 0.236 e. The zero-order chi connectivity index (χ0) is 26.0. The highest BCUT2D eigenvalue weighted by Crippen LogP contribution is 2.44. The molecule has 3 aromatic rings. The minimum Gasteiger partial charge on any atom is -0.343 e. The Balaban J connectivity index is 1.15. The summed E-state index contributed by atoms with van der Waals surface area (Å²) in [5.41, 5.74) is 7.90. The summed E-state index contributed by atoms with van der Waals surface area (Å²) in [5.74, 6) is 1.71. The third-order valence-corrected chi connectivity index (χ3v) is 9.14. The van der Waals surface area contributed by atoms with Crippen LogP contribution in [0.2, 0.25) is 0 Å². The Morgan fingerprint density at radius 1 is 1.18 bits per heavy atom. The fraction of sp³-hybridized carbons (Fsp3) is 0.448. The predicted molar refractivity (Wildman–Crippen MR) is 142 cm³/mol. The molecule has 0 bridgehead atoms. The highest BCUT2D eigenvalue weighted by molar-refractivity contribution is 6.05. The van der Waals surface area contributed by atoms with Crippen molar-refractivity contribution in [1.82, 2.24) is 24.4 Å². The van der Waals surface area contributed by atoms with Gasteiger partial charge in [0.05, 0.1) is 12.0 Å². The Kier molecular flexibility index (Phi) is 5.25. The van der Waals surface area contributed by atoms with E-state index in [1.165, 1.54) is 39.8 Å². The number of hydrogen-bond acceptors (Lipinski definition) is 6. The fourth-order valence-corrected chi connectivity index (χ4v) is 6.96. The molecule has 1 saturated heterocycles. The minimum atomic E-state index is -0.639. The van der Waals surface area contributed by atoms with Crippen LogP contribution in [0.3, 0.4) is 0 Å². The molecule has 2 aromatic heterocycles. The van der Waals surface area contributed by atoms with Gasteiger partial charge in [-0.3, -0.25) is 14.6 Å². The molecule has 9 nitrogen and oxygen atoms in total. The Bertz CT molecular complexity index is 1510. The summed E-state index contributed by atoms with van der Waals surface area (Å²) in [5, 5.41) is 2.91. The van der Waals surface area contributed by atoms with Crippen molar-refractivity contribution in [3.05, 3.63) is 69.7 Å². The van der Waals surface area contributed by atoms with Crippen molar-refractivity contribution in [1.29, 1.82) is 0 Å². The number of hydrogen-bond donors (Lipinski definition) is 1. The number of nitrogens with one attached hydrogen (secondary N) is 1. The second-order valence-electron chi connectivity index (χ2n) is 11.0. The third kappa shape index (κ3) is 3.37. The van der Waals surface area contributed by atoms with E-state index in [2.05, 4.69) is 44.8 Å². The number of anilines is 1. The van der Waals surface area contributed by atoms with Gasteiger partial charge >= 0.3 is 0 Å². The molecule has 0 unspecified atom stereocenters. The highest BCUT2D eigenvalue weighted by atomic mass is 16.2. The number of piperidine rings is 1. The number of aromatic nitrogens is 4. The zero-order valence-corrected chi connectivity index (χ0v) is 21.8. The van der Waals surface area contributed by atoms with Crippen molar-refractivity contribution in [3.63, 3.8) is 0 Å². The molecule has 0 radical (unpaired) electrons. The molecule has 0 saturated carbocycles. The summed E-state index contributed by atoms with van der Waals surface area (Å²) < 4.78 is 2.33. The molecule has 1 spiro atoms. The third-order valence-electron chi connectivity index (χ3n) is 9.14. The van der Waals surface area contributed by atoms with Crippen molar-refractivity contribution in [2.45, 2.75) is 70.4 Å². The van der Waals surface area contributed by atoms with Crippen LogP contribution in [0, 0.1) is 6.92 Å². The molecule has 1 fully saturated rings. The van der Waals surface area contributed by atoms with Crippen LogP contribution < -0.4 is 5.32 Å². The molecular formula is C29H31N7O2. The summed E-state index contributed by atoms with van der Waals surface area (Å²) in [6.07, 6.45) is 10.5. The summed E-state index contributed by atoms with van der Waals surface area (Å²) >= 11 is 0. The van der Waals surface area contributed by atoms with E-state index in [1.807, 2.05) is 17.3 Å². The number of amides is 2. The van der Waals surface area contributed by atoms with Gasteiger partial charge < -0.3 is 14.8 Å². The highest BCUT2D eigenvalue weighted by Gasteiger charge is 2.50. The van der Waals surface area contributed by atoms with E-state index in [9.17, 15) is 9.59 Å². The smallest absolute Gasteiger partial charge is 0.236 e. The van der Waals surface area contributed by atoms with Crippen LogP contribution >= 0.6 is 0 Å². The predicted octanol–water partition coefficient (Wildman–Crippen LogP) is 3.07. The van der Waals surface area contributed by atoms with Crippen LogP contribution in [-0.2, 0) is 40.9 Å².